The molecule has 1 N–H and O–H groups in total. The second kappa shape index (κ2) is 11.1. The van der Waals surface area contributed by atoms with Crippen LogP contribution >= 0.6 is 0 Å². The predicted octanol–water partition coefficient (Wildman–Crippen LogP) is 4.64. The molecule has 3 aromatic rings. The average molecular weight is 417 g/mol. The van der Waals surface area contributed by atoms with Crippen molar-refractivity contribution < 1.29 is 14.3 Å². The van der Waals surface area contributed by atoms with Crippen molar-refractivity contribution in [1.82, 2.24) is 10.3 Å². The zero-order valence-electron chi connectivity index (χ0n) is 18.1. The molecule has 3 rings (SSSR count). The maximum Gasteiger partial charge on any atom is 0.220 e. The Balaban J connectivity index is 1.50. The first-order chi connectivity index (χ1) is 15.1. The van der Waals surface area contributed by atoms with E-state index in [0.29, 0.717) is 18.5 Å². The number of carbonyl (C=O) groups excluding carboxylic acids is 2. The van der Waals surface area contributed by atoms with Gasteiger partial charge in [0.1, 0.15) is 5.75 Å². The fraction of sp³-hybridized carbons (Fsp3) is 0.269. The quantitative estimate of drug-likeness (QED) is 0.489. The molecule has 31 heavy (non-hydrogen) atoms. The number of aromatic nitrogens is 1. The van der Waals surface area contributed by atoms with Gasteiger partial charge in [-0.2, -0.15) is 0 Å². The molecule has 0 bridgehead atoms. The lowest BCUT2D eigenvalue weighted by molar-refractivity contribution is -0.121. The molecule has 1 heterocycles. The van der Waals surface area contributed by atoms with E-state index in [9.17, 15) is 9.59 Å². The number of ether oxygens (including phenoxy) is 1. The minimum atomic E-state index is -0.119. The van der Waals surface area contributed by atoms with Crippen molar-refractivity contribution in [3.63, 3.8) is 0 Å². The van der Waals surface area contributed by atoms with Gasteiger partial charge in [0, 0.05) is 43.3 Å². The SMILES string of the molecule is CCc1cc(-c2ccc(C(=O)CCC(=O)NCCc3ccccn3)cc2)ccc1OC. The summed E-state index contributed by atoms with van der Waals surface area (Å²) in [6, 6.07) is 19.4. The minimum Gasteiger partial charge on any atom is -0.496 e. The van der Waals surface area contributed by atoms with Crippen molar-refractivity contribution in [3.05, 3.63) is 83.7 Å². The Morgan fingerprint density at radius 1 is 0.968 bits per heavy atom. The lowest BCUT2D eigenvalue weighted by atomic mass is 9.98. The zero-order valence-corrected chi connectivity index (χ0v) is 18.1. The van der Waals surface area contributed by atoms with Gasteiger partial charge < -0.3 is 10.1 Å². The molecule has 5 nitrogen and oxygen atoms in total. The van der Waals surface area contributed by atoms with Gasteiger partial charge in [0.25, 0.3) is 0 Å². The average Bonchev–Trinajstić information content (AvgIpc) is 2.82. The van der Waals surface area contributed by atoms with Gasteiger partial charge in [0.15, 0.2) is 5.78 Å². The molecule has 1 aromatic heterocycles. The Bertz CT molecular complexity index is 1010. The van der Waals surface area contributed by atoms with Crippen molar-refractivity contribution in [1.29, 1.82) is 0 Å². The fourth-order valence-electron chi connectivity index (χ4n) is 3.42. The standard InChI is InChI=1S/C26H28N2O3/c1-3-19-18-22(11-13-25(19)31-2)20-7-9-21(10-8-20)24(29)12-14-26(30)28-17-15-23-6-4-5-16-27-23/h4-11,13,16,18H,3,12,14-15,17H2,1-2H3,(H,28,30). The Labute approximate surface area is 183 Å². The van der Waals surface area contributed by atoms with Crippen LogP contribution in [-0.2, 0) is 17.6 Å². The summed E-state index contributed by atoms with van der Waals surface area (Å²) in [5.74, 6) is 0.734. The molecular formula is C26H28N2O3. The van der Waals surface area contributed by atoms with Gasteiger partial charge in [0.2, 0.25) is 5.91 Å². The van der Waals surface area contributed by atoms with E-state index < -0.39 is 0 Å². The van der Waals surface area contributed by atoms with Gasteiger partial charge in [0.05, 0.1) is 7.11 Å². The number of hydrogen-bond acceptors (Lipinski definition) is 4. The zero-order chi connectivity index (χ0) is 22.1. The third kappa shape index (κ3) is 6.25. The van der Waals surface area contributed by atoms with Gasteiger partial charge in [-0.1, -0.05) is 43.3 Å². The van der Waals surface area contributed by atoms with Crippen molar-refractivity contribution in [2.75, 3.05) is 13.7 Å². The Morgan fingerprint density at radius 3 is 2.42 bits per heavy atom. The maximum absolute atomic E-state index is 12.5. The molecule has 0 unspecified atom stereocenters. The number of nitrogens with zero attached hydrogens (tertiary/aromatic N) is 1. The van der Waals surface area contributed by atoms with E-state index in [4.69, 9.17) is 4.74 Å². The van der Waals surface area contributed by atoms with Crippen LogP contribution in [0.5, 0.6) is 5.75 Å². The van der Waals surface area contributed by atoms with Crippen molar-refractivity contribution >= 4 is 11.7 Å². The van der Waals surface area contributed by atoms with E-state index in [1.807, 2.05) is 54.6 Å². The van der Waals surface area contributed by atoms with Gasteiger partial charge in [-0.25, -0.2) is 0 Å². The van der Waals surface area contributed by atoms with Crippen LogP contribution in [0.25, 0.3) is 11.1 Å². The highest BCUT2D eigenvalue weighted by atomic mass is 16.5. The van der Waals surface area contributed by atoms with E-state index >= 15 is 0 Å². The number of carbonyl (C=O) groups is 2. The first kappa shape index (κ1) is 22.2. The number of hydrogen-bond donors (Lipinski definition) is 1. The number of rotatable bonds is 10. The number of aryl methyl sites for hydroxylation is 1. The normalized spacial score (nSPS) is 10.5. The molecule has 2 aromatic carbocycles. The first-order valence-electron chi connectivity index (χ1n) is 10.6. The third-order valence-corrected chi connectivity index (χ3v) is 5.21. The minimum absolute atomic E-state index is 0.0320. The number of ketones is 1. The summed E-state index contributed by atoms with van der Waals surface area (Å²) in [4.78, 5) is 28.7. The molecule has 0 saturated carbocycles. The summed E-state index contributed by atoms with van der Waals surface area (Å²) in [6.07, 6.45) is 3.67. The summed E-state index contributed by atoms with van der Waals surface area (Å²) < 4.78 is 5.39. The van der Waals surface area contributed by atoms with E-state index in [1.165, 1.54) is 0 Å². The molecule has 0 radical (unpaired) electrons. The summed E-state index contributed by atoms with van der Waals surface area (Å²) in [5.41, 5.74) is 4.83. The van der Waals surface area contributed by atoms with Gasteiger partial charge in [-0.3, -0.25) is 14.6 Å². The lowest BCUT2D eigenvalue weighted by Crippen LogP contribution is -2.26. The van der Waals surface area contributed by atoms with E-state index in [2.05, 4.69) is 23.3 Å². The predicted molar refractivity (Wildman–Crippen MR) is 122 cm³/mol. The van der Waals surface area contributed by atoms with Crippen LogP contribution in [-0.4, -0.2) is 30.3 Å². The second-order valence-corrected chi connectivity index (χ2v) is 7.30. The third-order valence-electron chi connectivity index (χ3n) is 5.21. The van der Waals surface area contributed by atoms with Crippen molar-refractivity contribution in [2.24, 2.45) is 0 Å². The number of Topliss-reactive ketones (excluding diaryl/α,β-unsaturated/α-hetero) is 1. The lowest BCUT2D eigenvalue weighted by Gasteiger charge is -2.10. The number of amides is 1. The Morgan fingerprint density at radius 2 is 1.74 bits per heavy atom. The fourth-order valence-corrected chi connectivity index (χ4v) is 3.42. The monoisotopic (exact) mass is 416 g/mol. The molecule has 0 atom stereocenters. The van der Waals surface area contributed by atoms with Crippen LogP contribution in [0.3, 0.4) is 0 Å². The number of pyridine rings is 1. The highest BCUT2D eigenvalue weighted by Crippen LogP contribution is 2.27. The number of nitrogens with one attached hydrogen (secondary N) is 1. The summed E-state index contributed by atoms with van der Waals surface area (Å²) in [7, 11) is 1.68. The summed E-state index contributed by atoms with van der Waals surface area (Å²) >= 11 is 0. The van der Waals surface area contributed by atoms with Crippen LogP contribution in [0.1, 0.15) is 41.4 Å². The topological polar surface area (TPSA) is 68.3 Å². The molecule has 5 heteroatoms. The summed E-state index contributed by atoms with van der Waals surface area (Å²) in [5, 5.41) is 2.85. The number of benzene rings is 2. The van der Waals surface area contributed by atoms with Gasteiger partial charge >= 0.3 is 0 Å². The molecule has 0 spiro atoms. The second-order valence-electron chi connectivity index (χ2n) is 7.30. The molecule has 0 fully saturated rings. The summed E-state index contributed by atoms with van der Waals surface area (Å²) in [6.45, 7) is 2.61. The van der Waals surface area contributed by atoms with Crippen LogP contribution < -0.4 is 10.1 Å². The molecule has 0 saturated heterocycles. The molecular weight excluding hydrogens is 388 g/mol. The van der Waals surface area contributed by atoms with E-state index in [-0.39, 0.29) is 24.5 Å². The highest BCUT2D eigenvalue weighted by Gasteiger charge is 2.10. The maximum atomic E-state index is 12.5. The van der Waals surface area contributed by atoms with Crippen molar-refractivity contribution in [2.45, 2.75) is 32.6 Å². The van der Waals surface area contributed by atoms with Crippen LogP contribution in [0.4, 0.5) is 0 Å². The molecule has 1 amide bonds. The smallest absolute Gasteiger partial charge is 0.220 e. The Kier molecular flexibility index (Phi) is 7.93. The first-order valence-corrected chi connectivity index (χ1v) is 10.6. The number of methoxy groups -OCH3 is 1. The van der Waals surface area contributed by atoms with Crippen LogP contribution in [0.2, 0.25) is 0 Å². The molecule has 0 aliphatic heterocycles. The van der Waals surface area contributed by atoms with Crippen molar-refractivity contribution in [3.8, 4) is 16.9 Å². The Hall–Kier alpha value is -3.47. The highest BCUT2D eigenvalue weighted by molar-refractivity contribution is 5.98. The van der Waals surface area contributed by atoms with Crippen LogP contribution in [0.15, 0.2) is 66.9 Å². The molecule has 0 aliphatic rings. The van der Waals surface area contributed by atoms with E-state index in [0.717, 1.165) is 34.6 Å². The van der Waals surface area contributed by atoms with Gasteiger partial charge in [-0.15, -0.1) is 0 Å². The van der Waals surface area contributed by atoms with Crippen LogP contribution in [0, 0.1) is 0 Å². The molecule has 0 aliphatic carbocycles. The van der Waals surface area contributed by atoms with E-state index in [1.54, 1.807) is 13.3 Å². The van der Waals surface area contributed by atoms with Gasteiger partial charge in [-0.05, 0) is 47.4 Å². The largest absolute Gasteiger partial charge is 0.496 e. The molecule has 160 valence electrons.